The van der Waals surface area contributed by atoms with Gasteiger partial charge in [0.1, 0.15) is 23.6 Å². The smallest absolute Gasteiger partial charge is 0.270 e. The van der Waals surface area contributed by atoms with Gasteiger partial charge in [-0.15, -0.1) is 11.3 Å². The summed E-state index contributed by atoms with van der Waals surface area (Å²) in [6, 6.07) is 16.5. The third-order valence-corrected chi connectivity index (χ3v) is 15.0. The molecule has 5 aromatic rings. The number of hydrogen-bond acceptors (Lipinski definition) is 14. The van der Waals surface area contributed by atoms with Gasteiger partial charge in [0.25, 0.3) is 5.91 Å². The number of halogens is 1. The number of aromatic nitrogens is 4. The van der Waals surface area contributed by atoms with E-state index in [0.717, 1.165) is 10.7 Å². The highest BCUT2D eigenvalue weighted by Gasteiger charge is 2.33. The number of piperidine rings is 3. The zero-order valence-electron chi connectivity index (χ0n) is 38.4. The number of ether oxygens (including phenoxy) is 1. The van der Waals surface area contributed by atoms with Crippen molar-refractivity contribution in [1.29, 1.82) is 0 Å². The molecule has 6 heterocycles. The van der Waals surface area contributed by atoms with Gasteiger partial charge in [0.15, 0.2) is 5.82 Å². The maximum atomic E-state index is 16.1. The van der Waals surface area contributed by atoms with Gasteiger partial charge < -0.3 is 25.2 Å². The Morgan fingerprint density at radius 3 is 2.41 bits per heavy atom. The Balaban J connectivity index is 0.844. The Morgan fingerprint density at radius 1 is 0.941 bits per heavy atom. The Hall–Kier alpha value is -6.54. The van der Waals surface area contributed by atoms with Gasteiger partial charge in [-0.2, -0.15) is 0 Å². The van der Waals surface area contributed by atoms with E-state index in [4.69, 9.17) is 14.7 Å². The van der Waals surface area contributed by atoms with E-state index in [1.165, 1.54) is 17.4 Å². The molecular formula is C48H55FN10O7S2. The molecule has 4 amide bonds. The van der Waals surface area contributed by atoms with Crippen LogP contribution >= 0.6 is 11.3 Å². The van der Waals surface area contributed by atoms with Crippen LogP contribution in [0.5, 0.6) is 5.75 Å². The summed E-state index contributed by atoms with van der Waals surface area (Å²) < 4.78 is 50.0. The van der Waals surface area contributed by atoms with E-state index in [9.17, 15) is 27.6 Å². The van der Waals surface area contributed by atoms with Crippen LogP contribution in [-0.2, 0) is 29.8 Å². The van der Waals surface area contributed by atoms with Gasteiger partial charge in [-0.05, 0) is 68.1 Å². The summed E-state index contributed by atoms with van der Waals surface area (Å²) in [7, 11) is -3.74. The minimum Gasteiger partial charge on any atom is -0.490 e. The lowest BCUT2D eigenvalue weighted by Gasteiger charge is -2.38. The van der Waals surface area contributed by atoms with Gasteiger partial charge in [-0.25, -0.2) is 32.7 Å². The number of rotatable bonds is 14. The maximum absolute atomic E-state index is 16.1. The second kappa shape index (κ2) is 20.4. The minimum absolute atomic E-state index is 0.0834. The zero-order chi connectivity index (χ0) is 48.2. The van der Waals surface area contributed by atoms with Crippen LogP contribution in [0.1, 0.15) is 88.1 Å². The minimum atomic E-state index is -3.74. The molecule has 358 valence electrons. The molecule has 0 aliphatic carbocycles. The fraction of sp³-hybridized carbons (Fsp3) is 0.417. The number of likely N-dealkylation sites (tertiary alicyclic amines) is 1. The first-order valence-electron chi connectivity index (χ1n) is 22.9. The molecule has 20 heteroatoms. The number of carbonyl (C=O) groups is 4. The van der Waals surface area contributed by atoms with E-state index in [-0.39, 0.29) is 64.8 Å². The van der Waals surface area contributed by atoms with Gasteiger partial charge in [-0.3, -0.25) is 29.2 Å². The van der Waals surface area contributed by atoms with E-state index in [1.54, 1.807) is 43.6 Å². The standard InChI is InChI=1S/C48H55FN10O7S2/c1-5-26-68(64,65)57-35-11-7-10-34(40(35)49)41-42(67-46(56-41)48(2,3)4)36-16-21-50-47(54-36)52-30-8-6-9-33(27-30)66-32-19-24-59(25-20-32)45(63)29-17-22-58(23-18-29)31-12-13-37(51-28-31)43(61)53-38-14-15-39(60)55-44(38)62/h6-13,16,21,27-29,32,38,57H,5,14-15,17-20,22-26H2,1-4H3,(H,53,61)(H,50,52,54)(H,55,60,62)/t38-/m1/s1. The van der Waals surface area contributed by atoms with Gasteiger partial charge >= 0.3 is 0 Å². The molecule has 0 spiro atoms. The molecule has 68 heavy (non-hydrogen) atoms. The molecule has 3 aliphatic heterocycles. The molecule has 3 saturated heterocycles. The first-order valence-corrected chi connectivity index (χ1v) is 25.3. The average Bonchev–Trinajstić information content (AvgIpc) is 3.78. The lowest BCUT2D eigenvalue weighted by Crippen LogP contribution is -2.52. The molecule has 0 saturated carbocycles. The Bertz CT molecular complexity index is 2790. The van der Waals surface area contributed by atoms with Gasteiger partial charge in [-0.1, -0.05) is 39.8 Å². The molecule has 8 rings (SSSR count). The number of imide groups is 1. The van der Waals surface area contributed by atoms with Crippen LogP contribution in [0, 0.1) is 11.7 Å². The van der Waals surface area contributed by atoms with Crippen LogP contribution in [0.15, 0.2) is 73.1 Å². The third-order valence-electron chi connectivity index (χ3n) is 12.0. The second-order valence-electron chi connectivity index (χ2n) is 18.2. The number of amides is 4. The van der Waals surface area contributed by atoms with Crippen molar-refractivity contribution in [1.82, 2.24) is 35.5 Å². The van der Waals surface area contributed by atoms with Crippen molar-refractivity contribution in [2.45, 2.75) is 90.2 Å². The number of nitrogens with zero attached hydrogens (tertiary/aromatic N) is 6. The summed E-state index contributed by atoms with van der Waals surface area (Å²) in [5, 5.41) is 8.91. The van der Waals surface area contributed by atoms with Crippen LogP contribution in [-0.4, -0.2) is 101 Å². The molecule has 0 radical (unpaired) electrons. The van der Waals surface area contributed by atoms with Crippen molar-refractivity contribution in [3.8, 4) is 27.6 Å². The highest BCUT2D eigenvalue weighted by Crippen LogP contribution is 2.42. The summed E-state index contributed by atoms with van der Waals surface area (Å²) in [4.78, 5) is 73.0. The van der Waals surface area contributed by atoms with E-state index in [1.807, 2.05) is 56.0 Å². The predicted molar refractivity (Wildman–Crippen MR) is 258 cm³/mol. The number of pyridine rings is 1. The largest absolute Gasteiger partial charge is 0.490 e. The van der Waals surface area contributed by atoms with E-state index in [0.29, 0.717) is 91.9 Å². The Labute approximate surface area is 398 Å². The van der Waals surface area contributed by atoms with E-state index in [2.05, 4.69) is 35.5 Å². The van der Waals surface area contributed by atoms with Crippen molar-refractivity contribution in [2.75, 3.05) is 46.9 Å². The summed E-state index contributed by atoms with van der Waals surface area (Å²) in [6.07, 6.45) is 6.72. The van der Waals surface area contributed by atoms with Crippen molar-refractivity contribution >= 4 is 68.0 Å². The van der Waals surface area contributed by atoms with Crippen LogP contribution in [0.3, 0.4) is 0 Å². The highest BCUT2D eigenvalue weighted by molar-refractivity contribution is 7.92. The van der Waals surface area contributed by atoms with Gasteiger partial charge in [0, 0.05) is 80.3 Å². The SMILES string of the molecule is CCCS(=O)(=O)Nc1cccc(-c2nc(C(C)(C)C)sc2-c2ccnc(Nc3cccc(OC4CCN(C(=O)C5CCN(c6ccc(C(=O)N[C@@H]7CCC(=O)NC7=O)nc6)CC5)CC4)c3)n2)c1F. The van der Waals surface area contributed by atoms with Gasteiger partial charge in [0.2, 0.25) is 33.7 Å². The van der Waals surface area contributed by atoms with E-state index >= 15 is 4.39 Å². The quantitative estimate of drug-likeness (QED) is 0.0842. The number of sulfonamides is 1. The predicted octanol–water partition coefficient (Wildman–Crippen LogP) is 6.82. The normalized spacial score (nSPS) is 17.4. The number of nitrogens with one attached hydrogen (secondary N) is 4. The zero-order valence-corrected chi connectivity index (χ0v) is 40.0. The van der Waals surface area contributed by atoms with Crippen molar-refractivity contribution in [2.24, 2.45) is 5.92 Å². The van der Waals surface area contributed by atoms with E-state index < -0.39 is 33.7 Å². The average molecular weight is 967 g/mol. The molecule has 3 aromatic heterocycles. The molecule has 3 fully saturated rings. The summed E-state index contributed by atoms with van der Waals surface area (Å²) in [6.45, 7) is 10.3. The molecular weight excluding hydrogens is 912 g/mol. The Kier molecular flexibility index (Phi) is 14.4. The molecule has 3 aliphatic rings. The molecule has 17 nitrogen and oxygen atoms in total. The fourth-order valence-electron chi connectivity index (χ4n) is 8.40. The molecule has 0 bridgehead atoms. The fourth-order valence-corrected chi connectivity index (χ4v) is 10.6. The Morgan fingerprint density at radius 2 is 1.71 bits per heavy atom. The maximum Gasteiger partial charge on any atom is 0.270 e. The molecule has 2 aromatic carbocycles. The number of hydrogen-bond donors (Lipinski definition) is 4. The molecule has 0 unspecified atom stereocenters. The number of carbonyl (C=O) groups excluding carboxylic acids is 4. The van der Waals surface area contributed by atoms with Crippen molar-refractivity contribution < 1.29 is 36.7 Å². The summed E-state index contributed by atoms with van der Waals surface area (Å²) in [5.41, 5.74) is 2.22. The van der Waals surface area contributed by atoms with Crippen LogP contribution in [0.2, 0.25) is 0 Å². The summed E-state index contributed by atoms with van der Waals surface area (Å²) in [5.74, 6) is -1.18. The molecule has 4 N–H and O–H groups in total. The first kappa shape index (κ1) is 47.9. The van der Waals surface area contributed by atoms with Crippen molar-refractivity contribution in [3.63, 3.8) is 0 Å². The summed E-state index contributed by atoms with van der Waals surface area (Å²) >= 11 is 1.39. The van der Waals surface area contributed by atoms with Crippen molar-refractivity contribution in [3.05, 3.63) is 89.6 Å². The van der Waals surface area contributed by atoms with Crippen LogP contribution in [0.4, 0.5) is 27.4 Å². The van der Waals surface area contributed by atoms with Gasteiger partial charge in [0.05, 0.1) is 44.6 Å². The second-order valence-corrected chi connectivity index (χ2v) is 21.1. The van der Waals surface area contributed by atoms with Crippen LogP contribution < -0.4 is 30.3 Å². The third kappa shape index (κ3) is 11.4. The number of thiazole rings is 1. The topological polar surface area (TPSA) is 218 Å². The van der Waals surface area contributed by atoms with Crippen LogP contribution in [0.25, 0.3) is 21.8 Å². The highest BCUT2D eigenvalue weighted by atomic mass is 32.2. The number of benzene rings is 2. The monoisotopic (exact) mass is 966 g/mol. The number of anilines is 4. The lowest BCUT2D eigenvalue weighted by atomic mass is 9.94. The lowest BCUT2D eigenvalue weighted by molar-refractivity contribution is -0.138. The molecule has 1 atom stereocenters. The first-order chi connectivity index (χ1) is 32.5.